The van der Waals surface area contributed by atoms with Crippen molar-refractivity contribution in [2.75, 3.05) is 11.1 Å². The lowest BCUT2D eigenvalue weighted by Crippen LogP contribution is -2.26. The van der Waals surface area contributed by atoms with Crippen LogP contribution in [0, 0.1) is 22.7 Å². The van der Waals surface area contributed by atoms with E-state index in [4.69, 9.17) is 4.74 Å². The average Bonchev–Trinajstić information content (AvgIpc) is 3.47. The number of nitrogens with zero attached hydrogens (tertiary/aromatic N) is 4. The van der Waals surface area contributed by atoms with E-state index in [0.29, 0.717) is 39.9 Å². The van der Waals surface area contributed by atoms with E-state index in [-0.39, 0.29) is 23.2 Å². The number of thioether (sulfide) groups is 1. The molecule has 1 amide bonds. The summed E-state index contributed by atoms with van der Waals surface area (Å²) in [6.45, 7) is 17.4. The predicted molar refractivity (Wildman–Crippen MR) is 163 cm³/mol. The molecule has 212 valence electrons. The fourth-order valence-corrected chi connectivity index (χ4v) is 7.07. The van der Waals surface area contributed by atoms with Crippen molar-refractivity contribution in [3.05, 3.63) is 64.3 Å². The number of rotatable bonds is 10. The van der Waals surface area contributed by atoms with Gasteiger partial charge in [0.15, 0.2) is 17.1 Å². The number of nitrogens with one attached hydrogen (secondary N) is 1. The predicted octanol–water partition coefficient (Wildman–Crippen LogP) is 7.54. The maximum Gasteiger partial charge on any atom is 0.235 e. The number of benzene rings is 1. The average molecular weight is 578 g/mol. The number of ether oxygens (including phenoxy) is 1. The highest BCUT2D eigenvalue weighted by molar-refractivity contribution is 7.99. The summed E-state index contributed by atoms with van der Waals surface area (Å²) in [5, 5.41) is 22.9. The van der Waals surface area contributed by atoms with Crippen LogP contribution in [0.5, 0.6) is 5.75 Å². The van der Waals surface area contributed by atoms with E-state index in [1.165, 1.54) is 22.2 Å². The van der Waals surface area contributed by atoms with Crippen LogP contribution in [0.2, 0.25) is 0 Å². The molecular weight excluding hydrogens is 539 g/mol. The van der Waals surface area contributed by atoms with E-state index < -0.39 is 0 Å². The molecular formula is C31H39N5O2S2. The Morgan fingerprint density at radius 3 is 2.65 bits per heavy atom. The summed E-state index contributed by atoms with van der Waals surface area (Å²) in [6.07, 6.45) is 4.35. The molecule has 1 aliphatic rings. The lowest BCUT2D eigenvalue weighted by molar-refractivity contribution is -0.113. The molecule has 0 fully saturated rings. The Morgan fingerprint density at radius 1 is 1.30 bits per heavy atom. The summed E-state index contributed by atoms with van der Waals surface area (Å²) in [5.41, 5.74) is 3.20. The number of carbonyl (C=O) groups excluding carboxylic acids is 1. The van der Waals surface area contributed by atoms with Gasteiger partial charge in [0.2, 0.25) is 5.91 Å². The summed E-state index contributed by atoms with van der Waals surface area (Å²) in [4.78, 5) is 14.2. The van der Waals surface area contributed by atoms with E-state index in [9.17, 15) is 10.1 Å². The van der Waals surface area contributed by atoms with Crippen LogP contribution in [0.1, 0.15) is 87.4 Å². The maximum absolute atomic E-state index is 13.0. The molecule has 2 atom stereocenters. The van der Waals surface area contributed by atoms with Crippen molar-refractivity contribution in [1.29, 1.82) is 5.26 Å². The number of amides is 1. The van der Waals surface area contributed by atoms with Gasteiger partial charge in [0.25, 0.3) is 0 Å². The molecule has 0 saturated heterocycles. The Kier molecular flexibility index (Phi) is 9.42. The van der Waals surface area contributed by atoms with E-state index in [0.717, 1.165) is 30.6 Å². The third-order valence-corrected chi connectivity index (χ3v) is 9.60. The molecule has 0 saturated carbocycles. The molecule has 9 heteroatoms. The maximum atomic E-state index is 13.0. The van der Waals surface area contributed by atoms with Crippen LogP contribution in [-0.2, 0) is 24.2 Å². The fraction of sp³-hybridized carbons (Fsp3) is 0.484. The molecule has 2 heterocycles. The Balaban J connectivity index is 1.42. The highest BCUT2D eigenvalue weighted by Crippen LogP contribution is 2.44. The molecule has 0 aliphatic heterocycles. The standard InChI is InChI=1S/C31H39N5O2S2/c1-8-15-36-28(20(4)38-23-12-9-21(10-13-23)19(2)3)34-35-30(36)39-18-27(37)33-29-25(17-32)24-14-11-22(31(5,6)7)16-26(24)40-29/h8-10,12-13,19-20,22H,1,11,14-16,18H2,2-7H3,(H,33,37). The topological polar surface area (TPSA) is 92.8 Å². The van der Waals surface area contributed by atoms with Crippen LogP contribution < -0.4 is 10.1 Å². The molecule has 4 rings (SSSR count). The molecule has 2 unspecified atom stereocenters. The SMILES string of the molecule is C=CCn1c(SCC(=O)Nc2sc3c(c2C#N)CCC(C(C)(C)C)C3)nnc1C(C)Oc1ccc(C(C)C)cc1. The van der Waals surface area contributed by atoms with Gasteiger partial charge in [-0.3, -0.25) is 9.36 Å². The zero-order valence-electron chi connectivity index (χ0n) is 24.3. The second kappa shape index (κ2) is 12.6. The van der Waals surface area contributed by atoms with Crippen molar-refractivity contribution in [2.45, 2.75) is 84.5 Å². The number of aromatic nitrogens is 3. The van der Waals surface area contributed by atoms with E-state index in [1.54, 1.807) is 17.4 Å². The molecule has 1 aromatic carbocycles. The summed E-state index contributed by atoms with van der Waals surface area (Å²) >= 11 is 2.86. The Bertz CT molecular complexity index is 1390. The molecule has 1 aliphatic carbocycles. The minimum atomic E-state index is -0.340. The zero-order valence-corrected chi connectivity index (χ0v) is 25.9. The first-order chi connectivity index (χ1) is 19.0. The first-order valence-electron chi connectivity index (χ1n) is 13.8. The Labute approximate surface area is 246 Å². The molecule has 0 bridgehead atoms. The zero-order chi connectivity index (χ0) is 29.0. The van der Waals surface area contributed by atoms with Gasteiger partial charge in [-0.05, 0) is 66.7 Å². The highest BCUT2D eigenvalue weighted by atomic mass is 32.2. The van der Waals surface area contributed by atoms with Crippen molar-refractivity contribution < 1.29 is 9.53 Å². The summed E-state index contributed by atoms with van der Waals surface area (Å²) in [5.74, 6) is 2.44. The first kappa shape index (κ1) is 29.9. The van der Waals surface area contributed by atoms with Crippen LogP contribution in [0.25, 0.3) is 0 Å². The van der Waals surface area contributed by atoms with Gasteiger partial charge >= 0.3 is 0 Å². The van der Waals surface area contributed by atoms with Crippen LogP contribution >= 0.6 is 23.1 Å². The van der Waals surface area contributed by atoms with Gasteiger partial charge < -0.3 is 10.1 Å². The molecule has 0 spiro atoms. The monoisotopic (exact) mass is 577 g/mol. The molecule has 0 radical (unpaired) electrons. The molecule has 1 N–H and O–H groups in total. The number of fused-ring (bicyclic) bond motifs is 1. The molecule has 7 nitrogen and oxygen atoms in total. The lowest BCUT2D eigenvalue weighted by atomic mass is 9.72. The molecule has 40 heavy (non-hydrogen) atoms. The number of thiophene rings is 1. The van der Waals surface area contributed by atoms with Gasteiger partial charge in [0.05, 0.1) is 11.3 Å². The summed E-state index contributed by atoms with van der Waals surface area (Å²) in [7, 11) is 0. The van der Waals surface area contributed by atoms with Crippen LogP contribution in [-0.4, -0.2) is 26.4 Å². The smallest absolute Gasteiger partial charge is 0.235 e. The van der Waals surface area contributed by atoms with Crippen molar-refractivity contribution in [2.24, 2.45) is 11.3 Å². The second-order valence-corrected chi connectivity index (χ2v) is 13.7. The van der Waals surface area contributed by atoms with Gasteiger partial charge in [-0.15, -0.1) is 28.1 Å². The highest BCUT2D eigenvalue weighted by Gasteiger charge is 2.32. The van der Waals surface area contributed by atoms with Gasteiger partial charge in [-0.25, -0.2) is 0 Å². The number of nitriles is 1. The summed E-state index contributed by atoms with van der Waals surface area (Å²) in [6, 6.07) is 10.4. The number of carbonyl (C=O) groups is 1. The Hall–Kier alpha value is -3.09. The normalized spacial score (nSPS) is 15.8. The van der Waals surface area contributed by atoms with Gasteiger partial charge in [0.1, 0.15) is 16.8 Å². The minimum Gasteiger partial charge on any atom is -0.483 e. The first-order valence-corrected chi connectivity index (χ1v) is 15.6. The van der Waals surface area contributed by atoms with Crippen molar-refractivity contribution >= 4 is 34.0 Å². The summed E-state index contributed by atoms with van der Waals surface area (Å²) < 4.78 is 8.08. The number of hydrogen-bond donors (Lipinski definition) is 1. The second-order valence-electron chi connectivity index (χ2n) is 11.7. The number of anilines is 1. The third-order valence-electron chi connectivity index (χ3n) is 7.47. The largest absolute Gasteiger partial charge is 0.483 e. The van der Waals surface area contributed by atoms with Gasteiger partial charge in [0, 0.05) is 11.4 Å². The van der Waals surface area contributed by atoms with Crippen molar-refractivity contribution in [3.8, 4) is 11.8 Å². The van der Waals surface area contributed by atoms with Crippen LogP contribution in [0.15, 0.2) is 42.1 Å². The van der Waals surface area contributed by atoms with E-state index in [2.05, 4.69) is 74.9 Å². The van der Waals surface area contributed by atoms with Crippen molar-refractivity contribution in [3.63, 3.8) is 0 Å². The van der Waals surface area contributed by atoms with Gasteiger partial charge in [-0.2, -0.15) is 5.26 Å². The van der Waals surface area contributed by atoms with Crippen LogP contribution in [0.4, 0.5) is 5.00 Å². The fourth-order valence-electron chi connectivity index (χ4n) is 5.02. The third kappa shape index (κ3) is 6.79. The Morgan fingerprint density at radius 2 is 2.02 bits per heavy atom. The lowest BCUT2D eigenvalue weighted by Gasteiger charge is -2.33. The van der Waals surface area contributed by atoms with E-state index in [1.807, 2.05) is 23.6 Å². The van der Waals surface area contributed by atoms with Crippen molar-refractivity contribution in [1.82, 2.24) is 14.8 Å². The number of hydrogen-bond acceptors (Lipinski definition) is 7. The van der Waals surface area contributed by atoms with Gasteiger partial charge in [-0.1, -0.05) is 64.6 Å². The number of allylic oxidation sites excluding steroid dienone is 1. The van der Waals surface area contributed by atoms with Crippen LogP contribution in [0.3, 0.4) is 0 Å². The molecule has 2 aromatic heterocycles. The quantitative estimate of drug-likeness (QED) is 0.198. The van der Waals surface area contributed by atoms with E-state index >= 15 is 0 Å². The minimum absolute atomic E-state index is 0.152. The molecule has 3 aromatic rings.